The zero-order valence-corrected chi connectivity index (χ0v) is 11.0. The molecule has 1 saturated heterocycles. The zero-order valence-electron chi connectivity index (χ0n) is 10.2. The maximum atomic E-state index is 12.1. The number of rotatable bonds is 3. The van der Waals surface area contributed by atoms with Crippen molar-refractivity contribution in [3.8, 4) is 0 Å². The van der Waals surface area contributed by atoms with Crippen LogP contribution in [0.3, 0.4) is 0 Å². The number of hydrogen-bond acceptors (Lipinski definition) is 3. The van der Waals surface area contributed by atoms with Crippen molar-refractivity contribution >= 4 is 9.84 Å². The van der Waals surface area contributed by atoms with Crippen LogP contribution in [0.25, 0.3) is 0 Å². The second kappa shape index (κ2) is 4.42. The van der Waals surface area contributed by atoms with Crippen LogP contribution in [0.1, 0.15) is 47.0 Å². The lowest BCUT2D eigenvalue weighted by atomic mass is 10.00. The lowest BCUT2D eigenvalue weighted by Gasteiger charge is -2.41. The van der Waals surface area contributed by atoms with Crippen LogP contribution in [0.15, 0.2) is 0 Å². The van der Waals surface area contributed by atoms with E-state index in [2.05, 4.69) is 12.2 Å². The molecule has 2 atom stereocenters. The van der Waals surface area contributed by atoms with Crippen molar-refractivity contribution in [2.24, 2.45) is 0 Å². The molecule has 1 fully saturated rings. The van der Waals surface area contributed by atoms with Crippen molar-refractivity contribution in [2.75, 3.05) is 5.75 Å². The Hall–Kier alpha value is -0.0900. The maximum Gasteiger partial charge on any atom is 0.156 e. The highest BCUT2D eigenvalue weighted by Crippen LogP contribution is 2.26. The molecule has 0 aliphatic carbocycles. The first kappa shape index (κ1) is 13.0. The first-order valence-electron chi connectivity index (χ1n) is 5.81. The molecular weight excluding hydrogens is 210 g/mol. The third-order valence-corrected chi connectivity index (χ3v) is 5.76. The summed E-state index contributed by atoms with van der Waals surface area (Å²) in [7, 11) is -2.92. The summed E-state index contributed by atoms with van der Waals surface area (Å²) in [5.74, 6) is 0.263. The summed E-state index contributed by atoms with van der Waals surface area (Å²) < 4.78 is 24.1. The normalized spacial score (nSPS) is 33.9. The van der Waals surface area contributed by atoms with E-state index >= 15 is 0 Å². The molecule has 1 aliphatic rings. The Bertz CT molecular complexity index is 309. The molecule has 2 unspecified atom stereocenters. The molecule has 0 aromatic carbocycles. The van der Waals surface area contributed by atoms with Gasteiger partial charge in [-0.15, -0.1) is 0 Å². The minimum Gasteiger partial charge on any atom is -0.307 e. The molecule has 1 N–H and O–H groups in total. The van der Waals surface area contributed by atoms with E-state index in [0.29, 0.717) is 0 Å². The summed E-state index contributed by atoms with van der Waals surface area (Å²) in [5.41, 5.74) is -0.273. The summed E-state index contributed by atoms with van der Waals surface area (Å²) in [6, 6.07) is 0.133. The van der Waals surface area contributed by atoms with E-state index in [4.69, 9.17) is 0 Å². The fourth-order valence-electron chi connectivity index (χ4n) is 2.60. The molecule has 0 radical (unpaired) electrons. The maximum absolute atomic E-state index is 12.1. The van der Waals surface area contributed by atoms with Crippen molar-refractivity contribution in [1.29, 1.82) is 0 Å². The third-order valence-electron chi connectivity index (χ3n) is 3.05. The van der Waals surface area contributed by atoms with Gasteiger partial charge in [0.25, 0.3) is 0 Å². The Balaban J connectivity index is 2.94. The van der Waals surface area contributed by atoms with Crippen molar-refractivity contribution < 1.29 is 8.42 Å². The van der Waals surface area contributed by atoms with Gasteiger partial charge in [-0.25, -0.2) is 8.42 Å². The smallest absolute Gasteiger partial charge is 0.156 e. The van der Waals surface area contributed by atoms with Gasteiger partial charge < -0.3 is 5.32 Å². The molecule has 1 aliphatic heterocycles. The second-order valence-corrected chi connectivity index (χ2v) is 7.40. The van der Waals surface area contributed by atoms with Gasteiger partial charge in [0.2, 0.25) is 0 Å². The van der Waals surface area contributed by atoms with Gasteiger partial charge in [-0.3, -0.25) is 0 Å². The first-order chi connectivity index (χ1) is 6.82. The van der Waals surface area contributed by atoms with E-state index in [1.54, 1.807) is 0 Å². The Morgan fingerprint density at radius 1 is 1.33 bits per heavy atom. The summed E-state index contributed by atoms with van der Waals surface area (Å²) >= 11 is 0. The van der Waals surface area contributed by atoms with Crippen LogP contribution in [0, 0.1) is 0 Å². The summed E-state index contributed by atoms with van der Waals surface area (Å²) in [6.45, 7) is 8.01. The van der Waals surface area contributed by atoms with Gasteiger partial charge in [0.1, 0.15) is 0 Å². The van der Waals surface area contributed by atoms with E-state index in [1.165, 1.54) is 0 Å². The van der Waals surface area contributed by atoms with Gasteiger partial charge in [0.15, 0.2) is 9.84 Å². The number of hydrogen-bond donors (Lipinski definition) is 1. The fourth-order valence-corrected chi connectivity index (χ4v) is 5.12. The van der Waals surface area contributed by atoms with Gasteiger partial charge in [0, 0.05) is 11.6 Å². The van der Waals surface area contributed by atoms with Gasteiger partial charge >= 0.3 is 0 Å². The molecule has 90 valence electrons. The van der Waals surface area contributed by atoms with Crippen molar-refractivity contribution in [2.45, 2.75) is 63.8 Å². The number of nitrogens with one attached hydrogen (secondary N) is 1. The average molecular weight is 233 g/mol. The van der Waals surface area contributed by atoms with E-state index in [0.717, 1.165) is 19.3 Å². The van der Waals surface area contributed by atoms with Gasteiger partial charge in [-0.05, 0) is 26.7 Å². The van der Waals surface area contributed by atoms with E-state index in [1.807, 2.05) is 20.8 Å². The van der Waals surface area contributed by atoms with Gasteiger partial charge in [-0.2, -0.15) is 0 Å². The first-order valence-corrected chi connectivity index (χ1v) is 7.53. The topological polar surface area (TPSA) is 46.2 Å². The van der Waals surface area contributed by atoms with Gasteiger partial charge in [-0.1, -0.05) is 20.3 Å². The largest absolute Gasteiger partial charge is 0.307 e. The van der Waals surface area contributed by atoms with Crippen molar-refractivity contribution in [3.05, 3.63) is 0 Å². The Morgan fingerprint density at radius 2 is 1.93 bits per heavy atom. The lowest BCUT2D eigenvalue weighted by Crippen LogP contribution is -2.62. The lowest BCUT2D eigenvalue weighted by molar-refractivity contribution is 0.308. The Labute approximate surface area is 93.6 Å². The molecule has 3 nitrogen and oxygen atoms in total. The monoisotopic (exact) mass is 233 g/mol. The van der Waals surface area contributed by atoms with Crippen molar-refractivity contribution in [3.63, 3.8) is 0 Å². The molecule has 0 aromatic rings. The highest BCUT2D eigenvalue weighted by molar-refractivity contribution is 7.92. The zero-order chi connectivity index (χ0) is 11.7. The summed E-state index contributed by atoms with van der Waals surface area (Å²) in [4.78, 5) is 0. The molecule has 15 heavy (non-hydrogen) atoms. The van der Waals surface area contributed by atoms with Crippen LogP contribution >= 0.6 is 0 Å². The molecule has 1 heterocycles. The molecule has 0 saturated carbocycles. The van der Waals surface area contributed by atoms with Crippen LogP contribution < -0.4 is 5.32 Å². The predicted molar refractivity (Wildman–Crippen MR) is 63.8 cm³/mol. The fraction of sp³-hybridized carbons (Fsp3) is 1.00. The molecule has 0 spiro atoms. The second-order valence-electron chi connectivity index (χ2n) is 5.18. The van der Waals surface area contributed by atoms with Crippen LogP contribution in [0.4, 0.5) is 0 Å². The van der Waals surface area contributed by atoms with Gasteiger partial charge in [0.05, 0.1) is 11.0 Å². The van der Waals surface area contributed by atoms with E-state index in [9.17, 15) is 8.42 Å². The van der Waals surface area contributed by atoms with Crippen LogP contribution in [0.2, 0.25) is 0 Å². The Kier molecular flexibility index (Phi) is 3.82. The minimum atomic E-state index is -2.92. The van der Waals surface area contributed by atoms with E-state index in [-0.39, 0.29) is 22.6 Å². The van der Waals surface area contributed by atoms with E-state index < -0.39 is 9.84 Å². The quantitative estimate of drug-likeness (QED) is 0.807. The summed E-state index contributed by atoms with van der Waals surface area (Å²) in [5, 5.41) is 3.28. The van der Waals surface area contributed by atoms with Crippen molar-refractivity contribution in [1.82, 2.24) is 5.32 Å². The minimum absolute atomic E-state index is 0.133. The summed E-state index contributed by atoms with van der Waals surface area (Å²) in [6.07, 6.45) is 2.69. The molecule has 0 amide bonds. The molecule has 4 heteroatoms. The molecule has 1 rings (SSSR count). The molecular formula is C11H23NO2S. The van der Waals surface area contributed by atoms with Crippen LogP contribution in [0.5, 0.6) is 0 Å². The highest BCUT2D eigenvalue weighted by atomic mass is 32.2. The number of sulfone groups is 1. The average Bonchev–Trinajstić information content (AvgIpc) is 1.99. The Morgan fingerprint density at radius 3 is 2.40 bits per heavy atom. The standard InChI is InChI=1S/C11H23NO2S/c1-5-7-9-10(6-2)15(13,14)8-11(3,4)12-9/h9-10,12H,5-8H2,1-4H3. The molecule has 0 bridgehead atoms. The predicted octanol–water partition coefficient (Wildman–Crippen LogP) is 1.73. The SMILES string of the molecule is CCCC1NC(C)(C)CS(=O)(=O)C1CC. The highest BCUT2D eigenvalue weighted by Gasteiger charge is 2.42. The van der Waals surface area contributed by atoms with Crippen LogP contribution in [-0.4, -0.2) is 31.0 Å². The molecule has 0 aromatic heterocycles. The van der Waals surface area contributed by atoms with Crippen LogP contribution in [-0.2, 0) is 9.84 Å². The third kappa shape index (κ3) is 2.94.